The van der Waals surface area contributed by atoms with Crippen molar-refractivity contribution >= 4 is 29.1 Å². The Labute approximate surface area is 162 Å². The summed E-state index contributed by atoms with van der Waals surface area (Å²) in [6, 6.07) is 13.0. The summed E-state index contributed by atoms with van der Waals surface area (Å²) in [5, 5.41) is 13.0. The van der Waals surface area contributed by atoms with Crippen LogP contribution in [0.3, 0.4) is 0 Å². The van der Waals surface area contributed by atoms with E-state index in [4.69, 9.17) is 16.3 Å². The topological polar surface area (TPSA) is 66.0 Å². The van der Waals surface area contributed by atoms with E-state index in [2.05, 4.69) is 15.7 Å². The van der Waals surface area contributed by atoms with Crippen LogP contribution in [0.25, 0.3) is 0 Å². The number of hydrogen-bond donors (Lipinski definition) is 2. The number of rotatable bonds is 4. The molecule has 2 aromatic carbocycles. The molecule has 2 heterocycles. The van der Waals surface area contributed by atoms with Crippen LogP contribution in [-0.4, -0.2) is 23.0 Å². The number of aryl methyl sites for hydroxylation is 1. The zero-order valence-electron chi connectivity index (χ0n) is 15.0. The van der Waals surface area contributed by atoms with E-state index < -0.39 is 0 Å². The molecule has 1 atom stereocenters. The molecule has 0 saturated carbocycles. The Bertz CT molecular complexity index is 970. The molecule has 0 saturated heterocycles. The number of anilines is 1. The molecule has 7 heteroatoms. The molecule has 0 aromatic heterocycles. The zero-order chi connectivity index (χ0) is 19.0. The smallest absolute Gasteiger partial charge is 0.246 e. The van der Waals surface area contributed by atoms with Crippen molar-refractivity contribution in [2.45, 2.75) is 26.4 Å². The van der Waals surface area contributed by atoms with Crippen molar-refractivity contribution < 1.29 is 9.53 Å². The molecular formula is C20H19ClN4O2. The highest BCUT2D eigenvalue weighted by Crippen LogP contribution is 2.26. The molecule has 1 amide bonds. The van der Waals surface area contributed by atoms with E-state index in [9.17, 15) is 4.79 Å². The van der Waals surface area contributed by atoms with Crippen LogP contribution in [0.2, 0.25) is 5.02 Å². The maximum atomic E-state index is 12.3. The van der Waals surface area contributed by atoms with Gasteiger partial charge in [-0.25, -0.2) is 5.01 Å². The number of nitrogens with one attached hydrogen (secondary N) is 2. The second-order valence-corrected chi connectivity index (χ2v) is 7.00. The minimum absolute atomic E-state index is 0.0728. The minimum Gasteiger partial charge on any atom is -0.417 e. The fourth-order valence-electron chi connectivity index (χ4n) is 3.03. The Morgan fingerprint density at radius 2 is 2.19 bits per heavy atom. The van der Waals surface area contributed by atoms with E-state index in [-0.39, 0.29) is 18.5 Å². The van der Waals surface area contributed by atoms with Gasteiger partial charge in [-0.1, -0.05) is 23.7 Å². The second kappa shape index (κ2) is 6.96. The summed E-state index contributed by atoms with van der Waals surface area (Å²) in [6.45, 7) is 3.95. The largest absolute Gasteiger partial charge is 0.417 e. The van der Waals surface area contributed by atoms with Gasteiger partial charge in [-0.05, 0) is 55.3 Å². The first-order valence-electron chi connectivity index (χ1n) is 8.67. The lowest BCUT2D eigenvalue weighted by atomic mass is 10.1. The SMILES string of the molecule is Cc1cc(C2=NN3C(=CNC3C)O2)ccc1NC(=O)Cc1cccc(Cl)c1. The number of halogens is 1. The highest BCUT2D eigenvalue weighted by Gasteiger charge is 2.31. The number of ether oxygens (including phenoxy) is 1. The summed E-state index contributed by atoms with van der Waals surface area (Å²) in [6.07, 6.45) is 2.15. The Kier molecular flexibility index (Phi) is 4.49. The average molecular weight is 383 g/mol. The number of amides is 1. The van der Waals surface area contributed by atoms with Gasteiger partial charge < -0.3 is 15.4 Å². The molecule has 0 aliphatic carbocycles. The van der Waals surface area contributed by atoms with Crippen LogP contribution >= 0.6 is 11.6 Å². The number of hydrazone groups is 1. The third-order valence-corrected chi connectivity index (χ3v) is 4.68. The molecule has 0 fully saturated rings. The summed E-state index contributed by atoms with van der Waals surface area (Å²) in [7, 11) is 0. The fourth-order valence-corrected chi connectivity index (χ4v) is 3.24. The van der Waals surface area contributed by atoms with E-state index in [0.717, 1.165) is 22.4 Å². The Morgan fingerprint density at radius 1 is 1.33 bits per heavy atom. The molecular weight excluding hydrogens is 364 g/mol. The van der Waals surface area contributed by atoms with Crippen molar-refractivity contribution in [2.75, 3.05) is 5.32 Å². The molecule has 27 heavy (non-hydrogen) atoms. The lowest BCUT2D eigenvalue weighted by Crippen LogP contribution is -2.28. The molecule has 1 unspecified atom stereocenters. The van der Waals surface area contributed by atoms with Gasteiger partial charge in [0.05, 0.1) is 12.6 Å². The highest BCUT2D eigenvalue weighted by molar-refractivity contribution is 6.30. The van der Waals surface area contributed by atoms with Crippen LogP contribution in [0.5, 0.6) is 0 Å². The molecule has 138 valence electrons. The lowest BCUT2D eigenvalue weighted by Gasteiger charge is -2.12. The van der Waals surface area contributed by atoms with Crippen LogP contribution in [0.15, 0.2) is 59.6 Å². The van der Waals surface area contributed by atoms with Crippen molar-refractivity contribution in [1.82, 2.24) is 10.3 Å². The summed E-state index contributed by atoms with van der Waals surface area (Å²) < 4.78 is 5.78. The molecule has 2 aliphatic rings. The number of fused-ring (bicyclic) bond motifs is 1. The van der Waals surface area contributed by atoms with Gasteiger partial charge in [0.1, 0.15) is 6.17 Å². The maximum Gasteiger partial charge on any atom is 0.246 e. The molecule has 6 nitrogen and oxygen atoms in total. The van der Waals surface area contributed by atoms with Crippen molar-refractivity contribution in [3.8, 4) is 0 Å². The third-order valence-electron chi connectivity index (χ3n) is 4.44. The van der Waals surface area contributed by atoms with E-state index in [1.165, 1.54) is 0 Å². The van der Waals surface area contributed by atoms with Gasteiger partial charge in [0.15, 0.2) is 0 Å². The molecule has 2 N–H and O–H groups in total. The van der Waals surface area contributed by atoms with Crippen molar-refractivity contribution in [3.05, 3.63) is 76.3 Å². The first kappa shape index (κ1) is 17.4. The van der Waals surface area contributed by atoms with Crippen LogP contribution < -0.4 is 10.6 Å². The van der Waals surface area contributed by atoms with Gasteiger partial charge in [0.2, 0.25) is 17.7 Å². The third kappa shape index (κ3) is 3.61. The van der Waals surface area contributed by atoms with E-state index in [1.54, 1.807) is 23.3 Å². The zero-order valence-corrected chi connectivity index (χ0v) is 15.7. The molecule has 2 aliphatic heterocycles. The van der Waals surface area contributed by atoms with Gasteiger partial charge in [0, 0.05) is 16.3 Å². The van der Waals surface area contributed by atoms with Gasteiger partial charge in [-0.15, -0.1) is 5.10 Å². The van der Waals surface area contributed by atoms with E-state index in [1.807, 2.05) is 44.2 Å². The molecule has 4 rings (SSSR count). The van der Waals surface area contributed by atoms with Gasteiger partial charge in [-0.2, -0.15) is 0 Å². The fraction of sp³-hybridized carbons (Fsp3) is 0.200. The average Bonchev–Trinajstić information content (AvgIpc) is 3.19. The van der Waals surface area contributed by atoms with Crippen LogP contribution in [0, 0.1) is 6.92 Å². The first-order valence-corrected chi connectivity index (χ1v) is 9.04. The van der Waals surface area contributed by atoms with Crippen molar-refractivity contribution in [2.24, 2.45) is 5.10 Å². The van der Waals surface area contributed by atoms with Gasteiger partial charge >= 0.3 is 0 Å². The van der Waals surface area contributed by atoms with Crippen LogP contribution in [0.4, 0.5) is 5.69 Å². The standard InChI is InChI=1S/C20H19ClN4O2/c1-12-8-15(20-24-25-13(2)22-11-19(25)27-20)6-7-17(12)23-18(26)10-14-4-3-5-16(21)9-14/h3-9,11,13,22H,10H2,1-2H3,(H,23,26). The summed E-state index contributed by atoms with van der Waals surface area (Å²) in [5.74, 6) is 1.15. The minimum atomic E-state index is -0.0896. The van der Waals surface area contributed by atoms with Gasteiger partial charge in [0.25, 0.3) is 0 Å². The van der Waals surface area contributed by atoms with Gasteiger partial charge in [-0.3, -0.25) is 4.79 Å². The predicted octanol–water partition coefficient (Wildman–Crippen LogP) is 3.57. The quantitative estimate of drug-likeness (QED) is 0.848. The summed E-state index contributed by atoms with van der Waals surface area (Å²) >= 11 is 5.97. The molecule has 2 aromatic rings. The molecule has 0 spiro atoms. The Balaban J connectivity index is 1.45. The molecule has 0 bridgehead atoms. The normalized spacial score (nSPS) is 17.6. The van der Waals surface area contributed by atoms with E-state index >= 15 is 0 Å². The lowest BCUT2D eigenvalue weighted by molar-refractivity contribution is -0.115. The Hall–Kier alpha value is -2.99. The number of hydrogen-bond acceptors (Lipinski definition) is 5. The summed E-state index contributed by atoms with van der Waals surface area (Å²) in [4.78, 5) is 12.3. The Morgan fingerprint density at radius 3 is 2.93 bits per heavy atom. The first-order chi connectivity index (χ1) is 13.0. The monoisotopic (exact) mass is 382 g/mol. The summed E-state index contributed by atoms with van der Waals surface area (Å²) in [5.41, 5.74) is 3.44. The maximum absolute atomic E-state index is 12.3. The van der Waals surface area contributed by atoms with Crippen LogP contribution in [-0.2, 0) is 16.0 Å². The van der Waals surface area contributed by atoms with Crippen LogP contribution in [0.1, 0.15) is 23.6 Å². The number of benzene rings is 2. The number of nitrogens with zero attached hydrogens (tertiary/aromatic N) is 2. The molecule has 0 radical (unpaired) electrons. The van der Waals surface area contributed by atoms with Crippen molar-refractivity contribution in [1.29, 1.82) is 0 Å². The highest BCUT2D eigenvalue weighted by atomic mass is 35.5. The second-order valence-electron chi connectivity index (χ2n) is 6.56. The number of carbonyl (C=O) groups excluding carboxylic acids is 1. The van der Waals surface area contributed by atoms with Crippen molar-refractivity contribution in [3.63, 3.8) is 0 Å². The predicted molar refractivity (Wildman–Crippen MR) is 105 cm³/mol. The number of carbonyl (C=O) groups is 1. The van der Waals surface area contributed by atoms with E-state index in [0.29, 0.717) is 16.8 Å².